The molecule has 27 heavy (non-hydrogen) atoms. The zero-order valence-corrected chi connectivity index (χ0v) is 15.7. The number of nitrogens with zero attached hydrogens (tertiary/aromatic N) is 2. The van der Waals surface area contributed by atoms with Crippen LogP contribution in [0.2, 0.25) is 0 Å². The number of anilines is 1. The van der Waals surface area contributed by atoms with Crippen molar-refractivity contribution in [3.8, 4) is 0 Å². The minimum atomic E-state index is -3.49. The number of hydrogen-bond donors (Lipinski definition) is 1. The number of fused-ring (bicyclic) bond motifs is 1. The fourth-order valence-corrected chi connectivity index (χ4v) is 5.27. The highest BCUT2D eigenvalue weighted by Gasteiger charge is 2.29. The number of aliphatic hydroxyl groups excluding tert-OH is 1. The number of hydrogen-bond acceptors (Lipinski definition) is 4. The van der Waals surface area contributed by atoms with Crippen molar-refractivity contribution >= 4 is 21.6 Å². The molecule has 4 rings (SSSR count). The number of carbonyl (C=O) groups excluding carboxylic acids is 1. The Bertz CT molecular complexity index is 950. The first-order chi connectivity index (χ1) is 13.0. The van der Waals surface area contributed by atoms with Gasteiger partial charge < -0.3 is 10.0 Å². The summed E-state index contributed by atoms with van der Waals surface area (Å²) in [5.74, 6) is -0.195. The lowest BCUT2D eigenvalue weighted by Gasteiger charge is -2.32. The van der Waals surface area contributed by atoms with Crippen molar-refractivity contribution in [3.05, 3.63) is 59.7 Å². The van der Waals surface area contributed by atoms with Gasteiger partial charge in [0.25, 0.3) is 5.91 Å². The van der Waals surface area contributed by atoms with Gasteiger partial charge in [0.2, 0.25) is 10.0 Å². The second kappa shape index (κ2) is 7.07. The Morgan fingerprint density at radius 1 is 0.963 bits per heavy atom. The maximum absolute atomic E-state index is 13.0. The van der Waals surface area contributed by atoms with E-state index in [9.17, 15) is 18.3 Å². The number of amides is 1. The average Bonchev–Trinajstić information content (AvgIpc) is 3.24. The van der Waals surface area contributed by atoms with E-state index in [0.29, 0.717) is 37.3 Å². The van der Waals surface area contributed by atoms with Gasteiger partial charge in [-0.1, -0.05) is 18.2 Å². The smallest absolute Gasteiger partial charge is 0.258 e. The third kappa shape index (κ3) is 3.26. The minimum Gasteiger partial charge on any atom is -0.388 e. The molecular weight excluding hydrogens is 364 g/mol. The van der Waals surface area contributed by atoms with E-state index in [4.69, 9.17) is 0 Å². The first kappa shape index (κ1) is 18.2. The lowest BCUT2D eigenvalue weighted by atomic mass is 9.98. The molecule has 0 aromatic heterocycles. The Morgan fingerprint density at radius 3 is 2.33 bits per heavy atom. The third-order valence-electron chi connectivity index (χ3n) is 5.26. The summed E-state index contributed by atoms with van der Waals surface area (Å²) in [4.78, 5) is 14.8. The molecule has 2 aliphatic rings. The molecule has 1 N–H and O–H groups in total. The first-order valence-corrected chi connectivity index (χ1v) is 10.6. The summed E-state index contributed by atoms with van der Waals surface area (Å²) in [5.41, 5.74) is 1.88. The molecule has 2 aromatic rings. The van der Waals surface area contributed by atoms with E-state index in [-0.39, 0.29) is 10.8 Å². The molecule has 0 saturated carbocycles. The Balaban J connectivity index is 1.60. The molecule has 7 heteroatoms. The maximum Gasteiger partial charge on any atom is 0.258 e. The van der Waals surface area contributed by atoms with E-state index in [1.807, 2.05) is 24.3 Å². The molecule has 1 amide bonds. The van der Waals surface area contributed by atoms with Crippen LogP contribution in [0.1, 0.15) is 41.3 Å². The van der Waals surface area contributed by atoms with Crippen LogP contribution in [-0.2, 0) is 10.0 Å². The summed E-state index contributed by atoms with van der Waals surface area (Å²) in [5, 5.41) is 10.2. The SMILES string of the molecule is O=C(c1ccc(S(=O)(=O)N2CCCC2)cc1)N1CCC(O)c2ccccc21. The van der Waals surface area contributed by atoms with Gasteiger partial charge >= 0.3 is 0 Å². The van der Waals surface area contributed by atoms with Crippen molar-refractivity contribution in [3.63, 3.8) is 0 Å². The lowest BCUT2D eigenvalue weighted by Crippen LogP contribution is -2.36. The van der Waals surface area contributed by atoms with Crippen LogP contribution in [-0.4, -0.2) is 43.4 Å². The van der Waals surface area contributed by atoms with Crippen LogP contribution in [0.4, 0.5) is 5.69 Å². The van der Waals surface area contributed by atoms with Gasteiger partial charge in [0.15, 0.2) is 0 Å². The number of rotatable bonds is 3. The van der Waals surface area contributed by atoms with Crippen molar-refractivity contribution in [1.29, 1.82) is 0 Å². The first-order valence-electron chi connectivity index (χ1n) is 9.17. The van der Waals surface area contributed by atoms with Gasteiger partial charge in [-0.3, -0.25) is 4.79 Å². The van der Waals surface area contributed by atoms with Gasteiger partial charge in [0.05, 0.1) is 11.0 Å². The number of sulfonamides is 1. The van der Waals surface area contributed by atoms with Crippen molar-refractivity contribution in [1.82, 2.24) is 4.31 Å². The summed E-state index contributed by atoms with van der Waals surface area (Å²) < 4.78 is 26.7. The molecule has 2 aromatic carbocycles. The molecule has 6 nitrogen and oxygen atoms in total. The van der Waals surface area contributed by atoms with Gasteiger partial charge in [-0.15, -0.1) is 0 Å². The molecule has 2 heterocycles. The van der Waals surface area contributed by atoms with E-state index in [2.05, 4.69) is 0 Å². The van der Waals surface area contributed by atoms with Gasteiger partial charge in [-0.25, -0.2) is 8.42 Å². The molecule has 1 unspecified atom stereocenters. The lowest BCUT2D eigenvalue weighted by molar-refractivity contribution is 0.0970. The summed E-state index contributed by atoms with van der Waals surface area (Å²) in [7, 11) is -3.49. The van der Waals surface area contributed by atoms with E-state index < -0.39 is 16.1 Å². The summed E-state index contributed by atoms with van der Waals surface area (Å²) in [6.45, 7) is 1.52. The van der Waals surface area contributed by atoms with Crippen LogP contribution in [0.15, 0.2) is 53.4 Å². The zero-order valence-electron chi connectivity index (χ0n) is 14.9. The molecule has 0 spiro atoms. The van der Waals surface area contributed by atoms with E-state index in [1.54, 1.807) is 17.0 Å². The summed E-state index contributed by atoms with van der Waals surface area (Å²) in [6.07, 6.45) is 1.68. The number of para-hydroxylation sites is 1. The summed E-state index contributed by atoms with van der Waals surface area (Å²) in [6, 6.07) is 13.5. The van der Waals surface area contributed by atoms with Crippen LogP contribution in [0, 0.1) is 0 Å². The van der Waals surface area contributed by atoms with Crippen molar-refractivity contribution in [2.24, 2.45) is 0 Å². The molecule has 0 aliphatic carbocycles. The second-order valence-electron chi connectivity index (χ2n) is 6.96. The average molecular weight is 386 g/mol. The van der Waals surface area contributed by atoms with E-state index in [0.717, 1.165) is 18.4 Å². The minimum absolute atomic E-state index is 0.195. The molecule has 142 valence electrons. The number of benzene rings is 2. The number of carbonyl (C=O) groups is 1. The predicted molar refractivity (Wildman–Crippen MR) is 102 cm³/mol. The molecule has 0 radical (unpaired) electrons. The molecular formula is C20H22N2O4S. The Morgan fingerprint density at radius 2 is 1.63 bits per heavy atom. The van der Waals surface area contributed by atoms with Crippen molar-refractivity contribution in [2.45, 2.75) is 30.3 Å². The van der Waals surface area contributed by atoms with Gasteiger partial charge in [0, 0.05) is 36.4 Å². The topological polar surface area (TPSA) is 77.9 Å². The Hall–Kier alpha value is -2.22. The van der Waals surface area contributed by atoms with Crippen LogP contribution < -0.4 is 4.90 Å². The molecule has 2 aliphatic heterocycles. The Kier molecular flexibility index (Phi) is 4.75. The quantitative estimate of drug-likeness (QED) is 0.879. The van der Waals surface area contributed by atoms with Crippen molar-refractivity contribution < 1.29 is 18.3 Å². The van der Waals surface area contributed by atoms with Gasteiger partial charge in [-0.05, 0) is 49.6 Å². The summed E-state index contributed by atoms with van der Waals surface area (Å²) >= 11 is 0. The molecule has 1 fully saturated rings. The monoisotopic (exact) mass is 386 g/mol. The third-order valence-corrected chi connectivity index (χ3v) is 7.17. The zero-order chi connectivity index (χ0) is 19.0. The highest BCUT2D eigenvalue weighted by Crippen LogP contribution is 2.34. The Labute approximate surface area is 159 Å². The van der Waals surface area contributed by atoms with Crippen LogP contribution in [0.3, 0.4) is 0 Å². The van der Waals surface area contributed by atoms with E-state index >= 15 is 0 Å². The molecule has 1 atom stereocenters. The molecule has 1 saturated heterocycles. The van der Waals surface area contributed by atoms with Crippen molar-refractivity contribution in [2.75, 3.05) is 24.5 Å². The van der Waals surface area contributed by atoms with Gasteiger partial charge in [0.1, 0.15) is 0 Å². The second-order valence-corrected chi connectivity index (χ2v) is 8.89. The highest BCUT2D eigenvalue weighted by atomic mass is 32.2. The largest absolute Gasteiger partial charge is 0.388 e. The van der Waals surface area contributed by atoms with Crippen LogP contribution >= 0.6 is 0 Å². The number of aliphatic hydroxyl groups is 1. The fourth-order valence-electron chi connectivity index (χ4n) is 3.76. The van der Waals surface area contributed by atoms with E-state index in [1.165, 1.54) is 16.4 Å². The normalized spacial score (nSPS) is 20.5. The fraction of sp³-hybridized carbons (Fsp3) is 0.350. The van der Waals surface area contributed by atoms with Crippen LogP contribution in [0.25, 0.3) is 0 Å². The standard InChI is InChI=1S/C20H22N2O4S/c23-19-11-14-22(18-6-2-1-5-17(18)19)20(24)15-7-9-16(10-8-15)27(25,26)21-12-3-4-13-21/h1-2,5-10,19,23H,3-4,11-14H2. The molecule has 0 bridgehead atoms. The van der Waals surface area contributed by atoms with Crippen LogP contribution in [0.5, 0.6) is 0 Å². The predicted octanol–water partition coefficient (Wildman–Crippen LogP) is 2.56. The maximum atomic E-state index is 13.0. The highest BCUT2D eigenvalue weighted by molar-refractivity contribution is 7.89. The van der Waals surface area contributed by atoms with Gasteiger partial charge in [-0.2, -0.15) is 4.31 Å².